The molecule has 0 fully saturated rings. The molecule has 78 valence electrons. The molecule has 1 nitrogen and oxygen atoms in total. The molecule has 2 rings (SSSR count). The van der Waals surface area contributed by atoms with Crippen molar-refractivity contribution in [1.82, 2.24) is 4.98 Å². The van der Waals surface area contributed by atoms with Crippen molar-refractivity contribution < 1.29 is 4.39 Å². The highest BCUT2D eigenvalue weighted by Gasteiger charge is 2.03. The number of hydrogen-bond donors (Lipinski definition) is 0. The van der Waals surface area contributed by atoms with Crippen molar-refractivity contribution in [1.29, 1.82) is 0 Å². The molecule has 15 heavy (non-hydrogen) atoms. The Morgan fingerprint density at radius 3 is 3.00 bits per heavy atom. The molecule has 2 aromatic rings. The Balaban J connectivity index is 2.05. The number of thioether (sulfide) groups is 1. The van der Waals surface area contributed by atoms with Gasteiger partial charge in [-0.15, -0.1) is 11.3 Å². The van der Waals surface area contributed by atoms with Gasteiger partial charge in [0, 0.05) is 21.8 Å². The first-order chi connectivity index (χ1) is 7.25. The van der Waals surface area contributed by atoms with E-state index in [0.29, 0.717) is 0 Å². The Bertz CT molecular complexity index is 445. The highest BCUT2D eigenvalue weighted by Crippen LogP contribution is 2.28. The van der Waals surface area contributed by atoms with Crippen LogP contribution >= 0.6 is 39.0 Å². The van der Waals surface area contributed by atoms with E-state index >= 15 is 0 Å². The van der Waals surface area contributed by atoms with Crippen molar-refractivity contribution in [3.63, 3.8) is 0 Å². The summed E-state index contributed by atoms with van der Waals surface area (Å²) in [6.45, 7) is 0. The van der Waals surface area contributed by atoms with Gasteiger partial charge in [-0.2, -0.15) is 0 Å². The quantitative estimate of drug-likeness (QED) is 0.783. The summed E-state index contributed by atoms with van der Waals surface area (Å²) in [4.78, 5) is 4.17. The largest absolute Gasteiger partial charge is 0.238 e. The number of rotatable bonds is 3. The molecule has 0 N–H and O–H groups in total. The lowest BCUT2D eigenvalue weighted by Crippen LogP contribution is -1.84. The van der Waals surface area contributed by atoms with Gasteiger partial charge in [0.25, 0.3) is 0 Å². The molecule has 0 saturated heterocycles. The zero-order valence-electron chi connectivity index (χ0n) is 7.61. The van der Waals surface area contributed by atoms with Crippen LogP contribution in [0.4, 0.5) is 4.39 Å². The third kappa shape index (κ3) is 3.03. The Labute approximate surface area is 104 Å². The van der Waals surface area contributed by atoms with Crippen LogP contribution in [-0.2, 0) is 5.75 Å². The number of halogens is 2. The highest BCUT2D eigenvalue weighted by atomic mass is 79.9. The van der Waals surface area contributed by atoms with Gasteiger partial charge in [-0.05, 0) is 17.7 Å². The van der Waals surface area contributed by atoms with Crippen molar-refractivity contribution in [3.05, 3.63) is 45.6 Å². The third-order valence-electron chi connectivity index (χ3n) is 1.78. The number of nitrogens with zero attached hydrogens (tertiary/aromatic N) is 1. The molecule has 0 bridgehead atoms. The van der Waals surface area contributed by atoms with E-state index < -0.39 is 0 Å². The summed E-state index contributed by atoms with van der Waals surface area (Å²) >= 11 is 6.61. The lowest BCUT2D eigenvalue weighted by molar-refractivity contribution is 0.626. The van der Waals surface area contributed by atoms with Crippen LogP contribution in [0.1, 0.15) is 5.56 Å². The van der Waals surface area contributed by atoms with Crippen LogP contribution in [0.25, 0.3) is 0 Å². The summed E-state index contributed by atoms with van der Waals surface area (Å²) < 4.78 is 14.7. The van der Waals surface area contributed by atoms with Crippen molar-refractivity contribution >= 4 is 39.0 Å². The predicted octanol–water partition coefficient (Wildman–Crippen LogP) is 4.34. The average molecular weight is 304 g/mol. The van der Waals surface area contributed by atoms with Crippen LogP contribution < -0.4 is 0 Å². The highest BCUT2D eigenvalue weighted by molar-refractivity contribution is 9.10. The summed E-state index contributed by atoms with van der Waals surface area (Å²) in [6, 6.07) is 4.75. The van der Waals surface area contributed by atoms with Crippen LogP contribution in [-0.4, -0.2) is 4.98 Å². The maximum atomic E-state index is 12.8. The van der Waals surface area contributed by atoms with Gasteiger partial charge in [-0.1, -0.05) is 33.8 Å². The van der Waals surface area contributed by atoms with E-state index in [1.165, 1.54) is 12.1 Å². The molecule has 1 heterocycles. The van der Waals surface area contributed by atoms with Gasteiger partial charge in [-0.25, -0.2) is 9.37 Å². The zero-order valence-corrected chi connectivity index (χ0v) is 10.8. The minimum atomic E-state index is -0.218. The van der Waals surface area contributed by atoms with Gasteiger partial charge >= 0.3 is 0 Å². The molecular weight excluding hydrogens is 297 g/mol. The lowest BCUT2D eigenvalue weighted by atomic mass is 10.2. The second-order valence-corrected chi connectivity index (χ2v) is 5.79. The maximum absolute atomic E-state index is 12.8. The molecule has 1 aromatic heterocycles. The van der Waals surface area contributed by atoms with Gasteiger partial charge in [0.2, 0.25) is 0 Å². The molecule has 0 radical (unpaired) electrons. The number of thiazole rings is 1. The molecule has 0 unspecified atom stereocenters. The first-order valence-corrected chi connectivity index (χ1v) is 6.88. The Hall–Kier alpha value is -0.390. The summed E-state index contributed by atoms with van der Waals surface area (Å²) in [6.07, 6.45) is 1.78. The Kier molecular flexibility index (Phi) is 3.77. The molecule has 0 amide bonds. The Morgan fingerprint density at radius 1 is 1.47 bits per heavy atom. The normalized spacial score (nSPS) is 10.5. The molecule has 0 atom stereocenters. The molecule has 0 aliphatic rings. The molecule has 0 saturated carbocycles. The topological polar surface area (TPSA) is 12.9 Å². The summed E-state index contributed by atoms with van der Waals surface area (Å²) in [5.74, 6) is 0.582. The molecule has 5 heteroatoms. The van der Waals surface area contributed by atoms with Crippen molar-refractivity contribution in [2.75, 3.05) is 0 Å². The lowest BCUT2D eigenvalue weighted by Gasteiger charge is -2.02. The molecule has 0 aliphatic heterocycles. The monoisotopic (exact) mass is 303 g/mol. The summed E-state index contributed by atoms with van der Waals surface area (Å²) in [7, 11) is 0. The number of aromatic nitrogens is 1. The minimum Gasteiger partial charge on any atom is -0.238 e. The van der Waals surface area contributed by atoms with Crippen LogP contribution in [0.3, 0.4) is 0 Å². The van der Waals surface area contributed by atoms with Crippen LogP contribution in [0, 0.1) is 5.82 Å². The third-order valence-corrected chi connectivity index (χ3v) is 4.53. The van der Waals surface area contributed by atoms with Gasteiger partial charge in [-0.3, -0.25) is 0 Å². The van der Waals surface area contributed by atoms with E-state index in [9.17, 15) is 4.39 Å². The van der Waals surface area contributed by atoms with Crippen LogP contribution in [0.15, 0.2) is 38.6 Å². The fraction of sp³-hybridized carbons (Fsp3) is 0.100. The standard InChI is InChI=1S/C10H7BrFNS2/c11-9-5-8(12)2-1-7(9)6-15-10-13-3-4-14-10/h1-5H,6H2. The molecule has 0 aliphatic carbocycles. The first-order valence-electron chi connectivity index (χ1n) is 4.22. The van der Waals surface area contributed by atoms with Crippen LogP contribution in [0.5, 0.6) is 0 Å². The zero-order chi connectivity index (χ0) is 10.7. The predicted molar refractivity (Wildman–Crippen MR) is 65.8 cm³/mol. The number of benzene rings is 1. The van der Waals surface area contributed by atoms with Crippen molar-refractivity contribution in [3.8, 4) is 0 Å². The SMILES string of the molecule is Fc1ccc(CSc2nccs2)c(Br)c1. The molecule has 0 spiro atoms. The van der Waals surface area contributed by atoms with Gasteiger partial charge < -0.3 is 0 Å². The summed E-state index contributed by atoms with van der Waals surface area (Å²) in [5, 5.41) is 1.95. The van der Waals surface area contributed by atoms with E-state index in [4.69, 9.17) is 0 Å². The van der Waals surface area contributed by atoms with Gasteiger partial charge in [0.1, 0.15) is 10.2 Å². The molecular formula is C10H7BrFNS2. The fourth-order valence-corrected chi connectivity index (χ4v) is 3.38. The van der Waals surface area contributed by atoms with Crippen LogP contribution in [0.2, 0.25) is 0 Å². The number of hydrogen-bond acceptors (Lipinski definition) is 3. The second kappa shape index (κ2) is 5.09. The second-order valence-electron chi connectivity index (χ2n) is 2.82. The minimum absolute atomic E-state index is 0.218. The summed E-state index contributed by atoms with van der Waals surface area (Å²) in [5.41, 5.74) is 1.08. The van der Waals surface area contributed by atoms with E-state index in [1.807, 2.05) is 5.38 Å². The average Bonchev–Trinajstić information content (AvgIpc) is 2.69. The maximum Gasteiger partial charge on any atom is 0.150 e. The van der Waals surface area contributed by atoms with E-state index in [2.05, 4.69) is 20.9 Å². The van der Waals surface area contributed by atoms with Crippen molar-refractivity contribution in [2.24, 2.45) is 0 Å². The van der Waals surface area contributed by atoms with E-state index in [1.54, 1.807) is 35.4 Å². The fourth-order valence-electron chi connectivity index (χ4n) is 1.06. The first kappa shape index (κ1) is 11.1. The molecule has 1 aromatic carbocycles. The van der Waals surface area contributed by atoms with Gasteiger partial charge in [0.05, 0.1) is 0 Å². The Morgan fingerprint density at radius 2 is 2.33 bits per heavy atom. The smallest absolute Gasteiger partial charge is 0.150 e. The van der Waals surface area contributed by atoms with Crippen molar-refractivity contribution in [2.45, 2.75) is 10.1 Å². The van der Waals surface area contributed by atoms with E-state index in [0.717, 1.165) is 20.1 Å². The van der Waals surface area contributed by atoms with E-state index in [-0.39, 0.29) is 5.82 Å². The van der Waals surface area contributed by atoms with Gasteiger partial charge in [0.15, 0.2) is 0 Å².